The van der Waals surface area contributed by atoms with E-state index in [0.29, 0.717) is 23.6 Å². The summed E-state index contributed by atoms with van der Waals surface area (Å²) in [6.07, 6.45) is 2.13. The topological polar surface area (TPSA) is 71.8 Å². The van der Waals surface area contributed by atoms with E-state index >= 15 is 0 Å². The smallest absolute Gasteiger partial charge is 0.337 e. The van der Waals surface area contributed by atoms with Crippen LogP contribution in [0.15, 0.2) is 34.7 Å². The van der Waals surface area contributed by atoms with Gasteiger partial charge in [-0.15, -0.1) is 0 Å². The quantitative estimate of drug-likeness (QED) is 0.774. The minimum atomic E-state index is -0.403. The van der Waals surface area contributed by atoms with Gasteiger partial charge in [0.05, 0.1) is 12.7 Å². The molecule has 0 bridgehead atoms. The maximum absolute atomic E-state index is 12.3. The van der Waals surface area contributed by atoms with Crippen LogP contribution in [-0.2, 0) is 11.3 Å². The Morgan fingerprint density at radius 3 is 2.36 bits per heavy atom. The molecule has 0 spiro atoms. The van der Waals surface area contributed by atoms with E-state index in [9.17, 15) is 9.59 Å². The molecule has 1 N–H and O–H groups in total. The molecule has 1 aliphatic rings. The molecular weight excluding hydrogens is 356 g/mol. The molecule has 6 nitrogen and oxygen atoms in total. The zero-order valence-electron chi connectivity index (χ0n) is 16.8. The second-order valence-electron chi connectivity index (χ2n) is 7.44. The number of rotatable bonds is 6. The lowest BCUT2D eigenvalue weighted by atomic mass is 9.96. The van der Waals surface area contributed by atoms with Crippen LogP contribution < -0.4 is 5.32 Å². The van der Waals surface area contributed by atoms with Gasteiger partial charge < -0.3 is 14.5 Å². The summed E-state index contributed by atoms with van der Waals surface area (Å²) in [7, 11) is 1.34. The van der Waals surface area contributed by atoms with Crippen molar-refractivity contribution in [2.45, 2.75) is 33.2 Å². The van der Waals surface area contributed by atoms with Crippen LogP contribution in [0.4, 0.5) is 0 Å². The number of nitrogens with one attached hydrogen (secondary N) is 1. The third-order valence-corrected chi connectivity index (χ3v) is 5.36. The van der Waals surface area contributed by atoms with Crippen molar-refractivity contribution in [3.63, 3.8) is 0 Å². The predicted octanol–water partition coefficient (Wildman–Crippen LogP) is 3.33. The number of benzene rings is 1. The Morgan fingerprint density at radius 2 is 1.79 bits per heavy atom. The average molecular weight is 384 g/mol. The summed E-state index contributed by atoms with van der Waals surface area (Å²) in [4.78, 5) is 26.2. The maximum atomic E-state index is 12.3. The fourth-order valence-corrected chi connectivity index (χ4v) is 3.64. The van der Waals surface area contributed by atoms with Gasteiger partial charge in [-0.25, -0.2) is 4.79 Å². The first-order valence-corrected chi connectivity index (χ1v) is 9.71. The third kappa shape index (κ3) is 5.01. The van der Waals surface area contributed by atoms with E-state index in [1.54, 1.807) is 24.3 Å². The van der Waals surface area contributed by atoms with Gasteiger partial charge in [-0.05, 0) is 76.0 Å². The lowest BCUT2D eigenvalue weighted by Crippen LogP contribution is -2.38. The fourth-order valence-electron chi connectivity index (χ4n) is 3.64. The number of amides is 1. The Bertz CT molecular complexity index is 818. The third-order valence-electron chi connectivity index (χ3n) is 5.36. The maximum Gasteiger partial charge on any atom is 0.337 e. The first-order valence-electron chi connectivity index (χ1n) is 9.71. The van der Waals surface area contributed by atoms with Crippen LogP contribution >= 0.6 is 0 Å². The van der Waals surface area contributed by atoms with Crippen LogP contribution in [0.5, 0.6) is 0 Å². The van der Waals surface area contributed by atoms with E-state index in [1.165, 1.54) is 12.7 Å². The van der Waals surface area contributed by atoms with Gasteiger partial charge in [-0.1, -0.05) is 0 Å². The van der Waals surface area contributed by atoms with Gasteiger partial charge in [0.15, 0.2) is 0 Å². The molecule has 1 aromatic heterocycles. The van der Waals surface area contributed by atoms with Crippen LogP contribution in [0.25, 0.3) is 0 Å². The van der Waals surface area contributed by atoms with Gasteiger partial charge in [0.25, 0.3) is 5.91 Å². The highest BCUT2D eigenvalue weighted by molar-refractivity contribution is 5.96. The SMILES string of the molecule is COC(=O)c1ccc(C(=O)NCC2CCN(Cc3cc(C)oc3C)CC2)cc1. The van der Waals surface area contributed by atoms with Crippen molar-refractivity contribution in [1.29, 1.82) is 0 Å². The van der Waals surface area contributed by atoms with Crippen LogP contribution in [0.1, 0.15) is 50.6 Å². The number of hydrogen-bond donors (Lipinski definition) is 1. The van der Waals surface area contributed by atoms with Crippen molar-refractivity contribution in [2.24, 2.45) is 5.92 Å². The van der Waals surface area contributed by atoms with E-state index in [2.05, 4.69) is 21.0 Å². The zero-order chi connectivity index (χ0) is 20.1. The summed E-state index contributed by atoms with van der Waals surface area (Å²) in [5.41, 5.74) is 2.25. The number of methoxy groups -OCH3 is 1. The second kappa shape index (κ2) is 9.06. The minimum Gasteiger partial charge on any atom is -0.466 e. The number of hydrogen-bond acceptors (Lipinski definition) is 5. The van der Waals surface area contributed by atoms with Gasteiger partial charge in [-0.2, -0.15) is 0 Å². The Morgan fingerprint density at radius 1 is 1.14 bits per heavy atom. The van der Waals surface area contributed by atoms with E-state index < -0.39 is 5.97 Å². The highest BCUT2D eigenvalue weighted by Crippen LogP contribution is 2.21. The summed E-state index contributed by atoms with van der Waals surface area (Å²) in [6, 6.07) is 8.64. The average Bonchev–Trinajstić information content (AvgIpc) is 3.03. The van der Waals surface area contributed by atoms with Crippen molar-refractivity contribution in [1.82, 2.24) is 10.2 Å². The van der Waals surface area contributed by atoms with Crippen molar-refractivity contribution in [3.05, 3.63) is 58.5 Å². The first kappa shape index (κ1) is 20.1. The number of carbonyl (C=O) groups is 2. The molecule has 0 unspecified atom stereocenters. The Hall–Kier alpha value is -2.60. The number of esters is 1. The molecule has 6 heteroatoms. The summed E-state index contributed by atoms with van der Waals surface area (Å²) in [5, 5.41) is 3.02. The van der Waals surface area contributed by atoms with Gasteiger partial charge in [0.2, 0.25) is 0 Å². The number of furan rings is 1. The van der Waals surface area contributed by atoms with Crippen LogP contribution in [0, 0.1) is 19.8 Å². The molecule has 0 saturated carbocycles. The number of aryl methyl sites for hydroxylation is 2. The standard InChI is InChI=1S/C22H28N2O4/c1-15-12-20(16(2)28-15)14-24-10-8-17(9-11-24)13-23-21(25)18-4-6-19(7-5-18)22(26)27-3/h4-7,12,17H,8-11,13-14H2,1-3H3,(H,23,25). The molecule has 0 aliphatic carbocycles. The van der Waals surface area contributed by atoms with E-state index in [0.717, 1.165) is 44.0 Å². The molecule has 2 aromatic rings. The lowest BCUT2D eigenvalue weighted by Gasteiger charge is -2.31. The summed E-state index contributed by atoms with van der Waals surface area (Å²) >= 11 is 0. The van der Waals surface area contributed by atoms with E-state index in [-0.39, 0.29) is 5.91 Å². The van der Waals surface area contributed by atoms with Gasteiger partial charge in [0, 0.05) is 24.2 Å². The number of piperidine rings is 1. The van der Waals surface area contributed by atoms with Crippen molar-refractivity contribution < 1.29 is 18.7 Å². The Balaban J connectivity index is 1.43. The van der Waals surface area contributed by atoms with Crippen LogP contribution in [-0.4, -0.2) is 43.5 Å². The molecule has 0 radical (unpaired) electrons. The molecule has 1 amide bonds. The predicted molar refractivity (Wildman–Crippen MR) is 106 cm³/mol. The molecule has 2 heterocycles. The normalized spacial score (nSPS) is 15.4. The highest BCUT2D eigenvalue weighted by atomic mass is 16.5. The molecule has 0 atom stereocenters. The second-order valence-corrected chi connectivity index (χ2v) is 7.44. The summed E-state index contributed by atoms with van der Waals surface area (Å²) in [5.74, 6) is 1.94. The molecule has 150 valence electrons. The number of carbonyl (C=O) groups excluding carboxylic acids is 2. The zero-order valence-corrected chi connectivity index (χ0v) is 16.8. The monoisotopic (exact) mass is 384 g/mol. The molecular formula is C22H28N2O4. The molecule has 3 rings (SSSR count). The molecule has 1 aromatic carbocycles. The van der Waals surface area contributed by atoms with Crippen molar-refractivity contribution in [3.8, 4) is 0 Å². The Labute approximate surface area is 165 Å². The van der Waals surface area contributed by atoms with E-state index in [1.807, 2.05) is 13.8 Å². The van der Waals surface area contributed by atoms with Gasteiger partial charge in [0.1, 0.15) is 11.5 Å². The Kier molecular flexibility index (Phi) is 6.52. The first-order chi connectivity index (χ1) is 13.5. The van der Waals surface area contributed by atoms with Crippen LogP contribution in [0.2, 0.25) is 0 Å². The summed E-state index contributed by atoms with van der Waals surface area (Å²) in [6.45, 7) is 7.65. The molecule has 1 aliphatic heterocycles. The van der Waals surface area contributed by atoms with Gasteiger partial charge >= 0.3 is 5.97 Å². The lowest BCUT2D eigenvalue weighted by molar-refractivity contribution is 0.0600. The number of ether oxygens (including phenoxy) is 1. The van der Waals surface area contributed by atoms with Crippen molar-refractivity contribution >= 4 is 11.9 Å². The van der Waals surface area contributed by atoms with Crippen LogP contribution in [0.3, 0.4) is 0 Å². The highest BCUT2D eigenvalue weighted by Gasteiger charge is 2.21. The summed E-state index contributed by atoms with van der Waals surface area (Å²) < 4.78 is 10.3. The van der Waals surface area contributed by atoms with Crippen molar-refractivity contribution in [2.75, 3.05) is 26.7 Å². The minimum absolute atomic E-state index is 0.108. The van der Waals surface area contributed by atoms with E-state index in [4.69, 9.17) is 4.42 Å². The fraction of sp³-hybridized carbons (Fsp3) is 0.455. The number of nitrogens with zero attached hydrogens (tertiary/aromatic N) is 1. The number of likely N-dealkylation sites (tertiary alicyclic amines) is 1. The molecule has 1 saturated heterocycles. The molecule has 1 fully saturated rings. The molecule has 28 heavy (non-hydrogen) atoms. The van der Waals surface area contributed by atoms with Gasteiger partial charge in [-0.3, -0.25) is 9.69 Å². The largest absolute Gasteiger partial charge is 0.466 e.